The molecule has 4 heterocycles. The van der Waals surface area contributed by atoms with E-state index in [-0.39, 0.29) is 11.9 Å². The minimum atomic E-state index is -0.437. The summed E-state index contributed by atoms with van der Waals surface area (Å²) < 4.78 is 7.70. The fraction of sp³-hybridized carbons (Fsp3) is 0.478. The molecule has 3 aromatic rings. The molecule has 1 unspecified atom stereocenters. The molecule has 1 aromatic carbocycles. The minimum absolute atomic E-state index is 0.0809. The predicted octanol–water partition coefficient (Wildman–Crippen LogP) is 1.97. The molecule has 2 aliphatic heterocycles. The van der Waals surface area contributed by atoms with Gasteiger partial charge in [0.05, 0.1) is 5.69 Å². The molecule has 33 heavy (non-hydrogen) atoms. The van der Waals surface area contributed by atoms with Crippen molar-refractivity contribution in [3.8, 4) is 11.4 Å². The number of anilines is 1. The first-order chi connectivity index (χ1) is 16.1. The Labute approximate surface area is 192 Å². The molecule has 0 saturated carbocycles. The van der Waals surface area contributed by atoms with Crippen LogP contribution in [-0.2, 0) is 11.2 Å². The van der Waals surface area contributed by atoms with Crippen molar-refractivity contribution in [1.82, 2.24) is 35.1 Å². The van der Waals surface area contributed by atoms with Gasteiger partial charge in [-0.1, -0.05) is 6.92 Å². The SMILES string of the molecule is CCc1cnc(N2CCC(N3CCC(Oc4ccc(-n5nnnc5C)cc4)C3=O)CC2)nc1. The fourth-order valence-electron chi connectivity index (χ4n) is 4.52. The van der Waals surface area contributed by atoms with Crippen molar-refractivity contribution in [2.45, 2.75) is 51.7 Å². The van der Waals surface area contributed by atoms with Crippen molar-refractivity contribution in [2.75, 3.05) is 24.5 Å². The average molecular weight is 449 g/mol. The van der Waals surface area contributed by atoms with Crippen LogP contribution >= 0.6 is 0 Å². The number of hydrogen-bond donors (Lipinski definition) is 0. The zero-order chi connectivity index (χ0) is 22.8. The van der Waals surface area contributed by atoms with Crippen LogP contribution in [0.1, 0.15) is 37.6 Å². The number of hydrogen-bond acceptors (Lipinski definition) is 8. The van der Waals surface area contributed by atoms with E-state index in [1.807, 2.05) is 48.5 Å². The van der Waals surface area contributed by atoms with Gasteiger partial charge in [0.25, 0.3) is 5.91 Å². The Bertz CT molecular complexity index is 1090. The summed E-state index contributed by atoms with van der Waals surface area (Å²) in [4.78, 5) is 26.3. The summed E-state index contributed by atoms with van der Waals surface area (Å²) >= 11 is 0. The lowest BCUT2D eigenvalue weighted by molar-refractivity contribution is -0.135. The van der Waals surface area contributed by atoms with Crippen LogP contribution in [0, 0.1) is 6.92 Å². The highest BCUT2D eigenvalue weighted by atomic mass is 16.5. The Morgan fingerprint density at radius 2 is 1.76 bits per heavy atom. The number of carbonyl (C=O) groups is 1. The number of aryl methyl sites for hydroxylation is 2. The summed E-state index contributed by atoms with van der Waals surface area (Å²) in [7, 11) is 0. The fourth-order valence-corrected chi connectivity index (χ4v) is 4.52. The summed E-state index contributed by atoms with van der Waals surface area (Å²) in [5.41, 5.74) is 1.99. The summed E-state index contributed by atoms with van der Waals surface area (Å²) in [6.45, 7) is 6.38. The summed E-state index contributed by atoms with van der Waals surface area (Å²) in [6, 6.07) is 7.73. The maximum Gasteiger partial charge on any atom is 0.263 e. The molecule has 2 aliphatic rings. The molecule has 2 fully saturated rings. The number of benzene rings is 1. The second-order valence-electron chi connectivity index (χ2n) is 8.52. The van der Waals surface area contributed by atoms with Gasteiger partial charge in [0.1, 0.15) is 5.75 Å². The topological polar surface area (TPSA) is 102 Å². The Kier molecular flexibility index (Phi) is 5.89. The van der Waals surface area contributed by atoms with Crippen LogP contribution < -0.4 is 9.64 Å². The third-order valence-corrected chi connectivity index (χ3v) is 6.46. The van der Waals surface area contributed by atoms with Gasteiger partial charge in [0, 0.05) is 44.5 Å². The second kappa shape index (κ2) is 9.13. The van der Waals surface area contributed by atoms with Crippen LogP contribution in [0.5, 0.6) is 5.75 Å². The van der Waals surface area contributed by atoms with Crippen molar-refractivity contribution >= 4 is 11.9 Å². The van der Waals surface area contributed by atoms with Gasteiger partial charge in [0.2, 0.25) is 5.95 Å². The number of carbonyl (C=O) groups excluding carboxylic acids is 1. The number of tetrazole rings is 1. The smallest absolute Gasteiger partial charge is 0.263 e. The van der Waals surface area contributed by atoms with Crippen LogP contribution in [0.3, 0.4) is 0 Å². The van der Waals surface area contributed by atoms with E-state index in [1.54, 1.807) is 4.68 Å². The molecule has 0 N–H and O–H groups in total. The number of rotatable bonds is 6. The molecule has 1 amide bonds. The van der Waals surface area contributed by atoms with Gasteiger partial charge in [-0.2, -0.15) is 4.68 Å². The highest BCUT2D eigenvalue weighted by Crippen LogP contribution is 2.27. The number of aromatic nitrogens is 6. The van der Waals surface area contributed by atoms with Crippen LogP contribution in [0.4, 0.5) is 5.95 Å². The van der Waals surface area contributed by atoms with E-state index in [0.717, 1.165) is 56.1 Å². The minimum Gasteiger partial charge on any atom is -0.481 e. The predicted molar refractivity (Wildman–Crippen MR) is 121 cm³/mol. The van der Waals surface area contributed by atoms with Crippen molar-refractivity contribution in [3.63, 3.8) is 0 Å². The number of amides is 1. The lowest BCUT2D eigenvalue weighted by atomic mass is 10.0. The maximum atomic E-state index is 13.1. The average Bonchev–Trinajstić information content (AvgIpc) is 3.45. The van der Waals surface area contributed by atoms with E-state index in [9.17, 15) is 4.79 Å². The number of ether oxygens (including phenoxy) is 1. The van der Waals surface area contributed by atoms with Crippen LogP contribution in [0.25, 0.3) is 5.69 Å². The summed E-state index contributed by atoms with van der Waals surface area (Å²) in [5, 5.41) is 11.5. The Balaban J connectivity index is 1.16. The third-order valence-electron chi connectivity index (χ3n) is 6.46. The first-order valence-corrected chi connectivity index (χ1v) is 11.5. The molecular formula is C23H28N8O2. The molecule has 5 rings (SSSR count). The van der Waals surface area contributed by atoms with Gasteiger partial charge in [-0.05, 0) is 66.4 Å². The van der Waals surface area contributed by atoms with Gasteiger partial charge < -0.3 is 14.5 Å². The van der Waals surface area contributed by atoms with Crippen LogP contribution in [-0.4, -0.2) is 72.8 Å². The molecule has 0 radical (unpaired) electrons. The van der Waals surface area contributed by atoms with Crippen LogP contribution in [0.15, 0.2) is 36.7 Å². The molecule has 0 bridgehead atoms. The molecule has 172 valence electrons. The number of likely N-dealkylation sites (tertiary alicyclic amines) is 1. The highest BCUT2D eigenvalue weighted by molar-refractivity contribution is 5.83. The first kappa shape index (κ1) is 21.3. The van der Waals surface area contributed by atoms with Gasteiger partial charge in [-0.15, -0.1) is 5.10 Å². The van der Waals surface area contributed by atoms with E-state index >= 15 is 0 Å². The lowest BCUT2D eigenvalue weighted by Gasteiger charge is -2.36. The lowest BCUT2D eigenvalue weighted by Crippen LogP contribution is -2.47. The highest BCUT2D eigenvalue weighted by Gasteiger charge is 2.38. The molecule has 0 aliphatic carbocycles. The van der Waals surface area contributed by atoms with Gasteiger partial charge in [-0.3, -0.25) is 4.79 Å². The van der Waals surface area contributed by atoms with Crippen molar-refractivity contribution < 1.29 is 9.53 Å². The molecular weight excluding hydrogens is 420 g/mol. The second-order valence-corrected chi connectivity index (χ2v) is 8.52. The first-order valence-electron chi connectivity index (χ1n) is 11.5. The Hall–Kier alpha value is -3.56. The van der Waals surface area contributed by atoms with Gasteiger partial charge in [0.15, 0.2) is 11.9 Å². The summed E-state index contributed by atoms with van der Waals surface area (Å²) in [6.07, 6.45) is 6.83. The molecule has 10 heteroatoms. The Morgan fingerprint density at radius 1 is 1.03 bits per heavy atom. The van der Waals surface area contributed by atoms with Gasteiger partial charge >= 0.3 is 0 Å². The maximum absolute atomic E-state index is 13.1. The number of piperidine rings is 1. The van der Waals surface area contributed by atoms with Crippen LogP contribution in [0.2, 0.25) is 0 Å². The monoisotopic (exact) mass is 448 g/mol. The molecule has 0 spiro atoms. The molecule has 2 saturated heterocycles. The van der Waals surface area contributed by atoms with Crippen molar-refractivity contribution in [3.05, 3.63) is 48.0 Å². The molecule has 1 atom stereocenters. The van der Waals surface area contributed by atoms with E-state index < -0.39 is 6.10 Å². The standard InChI is InChI=1S/C23H28N8O2/c1-3-17-14-24-23(25-15-17)29-11-8-18(9-12-29)30-13-10-21(22(30)32)33-20-6-4-19(5-7-20)31-16(2)26-27-28-31/h4-7,14-15,18,21H,3,8-13H2,1-2H3. The van der Waals surface area contributed by atoms with Crippen molar-refractivity contribution in [1.29, 1.82) is 0 Å². The quantitative estimate of drug-likeness (QED) is 0.564. The normalized spacial score (nSPS) is 19.3. The third kappa shape index (κ3) is 4.37. The molecule has 2 aromatic heterocycles. The van der Waals surface area contributed by atoms with Gasteiger partial charge in [-0.25, -0.2) is 9.97 Å². The zero-order valence-electron chi connectivity index (χ0n) is 19.0. The number of nitrogens with zero attached hydrogens (tertiary/aromatic N) is 8. The Morgan fingerprint density at radius 3 is 2.39 bits per heavy atom. The van der Waals surface area contributed by atoms with E-state index in [0.29, 0.717) is 18.0 Å². The largest absolute Gasteiger partial charge is 0.481 e. The van der Waals surface area contributed by atoms with E-state index in [2.05, 4.69) is 37.3 Å². The van der Waals surface area contributed by atoms with E-state index in [1.165, 1.54) is 0 Å². The summed E-state index contributed by atoms with van der Waals surface area (Å²) in [5.74, 6) is 2.24. The zero-order valence-corrected chi connectivity index (χ0v) is 19.0. The van der Waals surface area contributed by atoms with Crippen molar-refractivity contribution in [2.24, 2.45) is 0 Å². The molecule has 10 nitrogen and oxygen atoms in total. The van der Waals surface area contributed by atoms with E-state index in [4.69, 9.17) is 4.74 Å².